The molecule has 4 heterocycles. The van der Waals surface area contributed by atoms with Crippen molar-refractivity contribution in [2.75, 3.05) is 18.8 Å². The summed E-state index contributed by atoms with van der Waals surface area (Å²) in [6, 6.07) is 13.9. The lowest BCUT2D eigenvalue weighted by atomic mass is 9.82. The molecule has 0 bridgehead atoms. The highest BCUT2D eigenvalue weighted by molar-refractivity contribution is 7.99. The summed E-state index contributed by atoms with van der Waals surface area (Å²) in [6.07, 6.45) is 6.26. The van der Waals surface area contributed by atoms with E-state index in [1.807, 2.05) is 0 Å². The van der Waals surface area contributed by atoms with Crippen LogP contribution in [-0.2, 0) is 22.4 Å². The van der Waals surface area contributed by atoms with Crippen molar-refractivity contribution in [2.24, 2.45) is 5.73 Å². The lowest BCUT2D eigenvalue weighted by Gasteiger charge is -2.30. The molecule has 0 unspecified atom stereocenters. The molecule has 48 heavy (non-hydrogen) atoms. The fourth-order valence-corrected chi connectivity index (χ4v) is 6.53. The lowest BCUT2D eigenvalue weighted by Crippen LogP contribution is -2.46. The van der Waals surface area contributed by atoms with Gasteiger partial charge in [0, 0.05) is 55.3 Å². The smallest absolute Gasteiger partial charge is 0.276 e. The van der Waals surface area contributed by atoms with Gasteiger partial charge in [-0.05, 0) is 71.5 Å². The van der Waals surface area contributed by atoms with Gasteiger partial charge in [-0.2, -0.15) is 0 Å². The van der Waals surface area contributed by atoms with Crippen molar-refractivity contribution in [3.63, 3.8) is 0 Å². The first-order valence-corrected chi connectivity index (χ1v) is 16.5. The number of carbonyl (C=O) groups excluding carboxylic acids is 1. The summed E-state index contributed by atoms with van der Waals surface area (Å²) in [5.74, 6) is -1.42. The molecular formula is C35H33F3N6O3S. The zero-order valence-corrected chi connectivity index (χ0v) is 26.6. The van der Waals surface area contributed by atoms with Gasteiger partial charge < -0.3 is 20.2 Å². The number of ether oxygens (including phenoxy) is 1. The first-order chi connectivity index (χ1) is 23.3. The number of Topliss-reactive ketones (excluding diaryl/α,β-unsaturated/α-hetero) is 1. The molecule has 3 atom stereocenters. The van der Waals surface area contributed by atoms with E-state index in [1.54, 1.807) is 48.8 Å². The largest absolute Gasteiger partial charge is 0.411 e. The Bertz CT molecular complexity index is 1770. The molecule has 3 N–H and O–H groups in total. The van der Waals surface area contributed by atoms with Crippen LogP contribution in [0.4, 0.5) is 13.2 Å². The van der Waals surface area contributed by atoms with Crippen LogP contribution in [0.25, 0.3) is 11.5 Å². The predicted molar refractivity (Wildman–Crippen MR) is 174 cm³/mol. The van der Waals surface area contributed by atoms with E-state index in [-0.39, 0.29) is 24.4 Å². The number of hydrogen-bond donors (Lipinski definition) is 2. The van der Waals surface area contributed by atoms with Crippen molar-refractivity contribution in [3.8, 4) is 11.5 Å². The van der Waals surface area contributed by atoms with Gasteiger partial charge in [0.1, 0.15) is 17.5 Å². The van der Waals surface area contributed by atoms with Crippen LogP contribution < -0.4 is 11.1 Å². The summed E-state index contributed by atoms with van der Waals surface area (Å²) in [5, 5.41) is 12.0. The van der Waals surface area contributed by atoms with Crippen molar-refractivity contribution in [3.05, 3.63) is 125 Å². The predicted octanol–water partition coefficient (Wildman–Crippen LogP) is 5.30. The zero-order valence-electron chi connectivity index (χ0n) is 25.8. The summed E-state index contributed by atoms with van der Waals surface area (Å²) in [7, 11) is 0. The van der Waals surface area contributed by atoms with Gasteiger partial charge in [-0.1, -0.05) is 36.0 Å². The SMILES string of the molecule is N[C@H](C(=O)Cc1cncc(F)c1CC[C@@H]1CNC[C@@H](CSc2nnc(-c3ccncc3)o2)O1)C(c1ccc(F)cc1)c1ccc(F)cc1. The van der Waals surface area contributed by atoms with Crippen LogP contribution in [0.5, 0.6) is 0 Å². The van der Waals surface area contributed by atoms with Crippen LogP contribution in [0.15, 0.2) is 95.1 Å². The summed E-state index contributed by atoms with van der Waals surface area (Å²) in [5.41, 5.74) is 9.34. The van der Waals surface area contributed by atoms with Crippen molar-refractivity contribution in [1.82, 2.24) is 25.5 Å². The van der Waals surface area contributed by atoms with Crippen molar-refractivity contribution in [1.29, 1.82) is 0 Å². The van der Waals surface area contributed by atoms with Crippen LogP contribution in [0.1, 0.15) is 34.6 Å². The molecule has 1 aliphatic heterocycles. The van der Waals surface area contributed by atoms with Crippen LogP contribution >= 0.6 is 11.8 Å². The van der Waals surface area contributed by atoms with Gasteiger partial charge in [0.05, 0.1) is 24.4 Å². The minimum absolute atomic E-state index is 0.138. The highest BCUT2D eigenvalue weighted by atomic mass is 32.2. The van der Waals surface area contributed by atoms with E-state index in [4.69, 9.17) is 14.9 Å². The minimum Gasteiger partial charge on any atom is -0.411 e. The molecule has 5 aromatic rings. The third-order valence-corrected chi connectivity index (χ3v) is 9.17. The lowest BCUT2D eigenvalue weighted by molar-refractivity contribution is -0.119. The third kappa shape index (κ3) is 8.34. The Hall–Kier alpha value is -4.43. The molecule has 0 aliphatic carbocycles. The zero-order chi connectivity index (χ0) is 33.5. The Labute approximate surface area is 279 Å². The second-order valence-electron chi connectivity index (χ2n) is 11.5. The molecule has 0 saturated carbocycles. The Balaban J connectivity index is 1.08. The van der Waals surface area contributed by atoms with Crippen LogP contribution in [-0.4, -0.2) is 63.0 Å². The van der Waals surface area contributed by atoms with Crippen molar-refractivity contribution < 1.29 is 27.1 Å². The van der Waals surface area contributed by atoms with Gasteiger partial charge in [0.15, 0.2) is 5.78 Å². The number of carbonyl (C=O) groups is 1. The number of pyridine rings is 2. The van der Waals surface area contributed by atoms with E-state index in [2.05, 4.69) is 25.5 Å². The van der Waals surface area contributed by atoms with Crippen LogP contribution in [0.2, 0.25) is 0 Å². The first-order valence-electron chi connectivity index (χ1n) is 15.5. The molecule has 3 aromatic heterocycles. The highest BCUT2D eigenvalue weighted by Gasteiger charge is 2.29. The second-order valence-corrected chi connectivity index (χ2v) is 12.5. The van der Waals surface area contributed by atoms with E-state index in [1.165, 1.54) is 42.2 Å². The molecule has 0 amide bonds. The van der Waals surface area contributed by atoms with Gasteiger partial charge in [-0.15, -0.1) is 10.2 Å². The van der Waals surface area contributed by atoms with Crippen LogP contribution in [0.3, 0.4) is 0 Å². The number of thioether (sulfide) groups is 1. The maximum atomic E-state index is 15.2. The summed E-state index contributed by atoms with van der Waals surface area (Å²) >= 11 is 1.40. The average Bonchev–Trinajstić information content (AvgIpc) is 3.59. The molecule has 13 heteroatoms. The maximum Gasteiger partial charge on any atom is 0.276 e. The average molecular weight is 675 g/mol. The van der Waals surface area contributed by atoms with Gasteiger partial charge >= 0.3 is 0 Å². The Morgan fingerprint density at radius 3 is 2.25 bits per heavy atom. The van der Waals surface area contributed by atoms with Crippen LogP contribution in [0, 0.1) is 17.5 Å². The highest BCUT2D eigenvalue weighted by Crippen LogP contribution is 2.30. The molecule has 9 nitrogen and oxygen atoms in total. The third-order valence-electron chi connectivity index (χ3n) is 8.22. The van der Waals surface area contributed by atoms with E-state index in [9.17, 15) is 13.6 Å². The Morgan fingerprint density at radius 2 is 1.56 bits per heavy atom. The summed E-state index contributed by atoms with van der Waals surface area (Å²) in [4.78, 5) is 21.6. The first kappa shape index (κ1) is 33.5. The number of rotatable bonds is 13. The number of benzene rings is 2. The molecule has 6 rings (SSSR count). The number of hydrogen-bond acceptors (Lipinski definition) is 10. The maximum absolute atomic E-state index is 15.2. The number of morpholine rings is 1. The van der Waals surface area contributed by atoms with Crippen molar-refractivity contribution >= 4 is 17.5 Å². The number of aromatic nitrogens is 4. The molecule has 2 aromatic carbocycles. The fourth-order valence-electron chi connectivity index (χ4n) is 5.76. The Kier molecular flexibility index (Phi) is 10.9. The summed E-state index contributed by atoms with van der Waals surface area (Å²) in [6.45, 7) is 1.23. The van der Waals surface area contributed by atoms with Gasteiger partial charge in [0.2, 0.25) is 5.89 Å². The molecular weight excluding hydrogens is 641 g/mol. The topological polar surface area (TPSA) is 129 Å². The van der Waals surface area contributed by atoms with E-state index < -0.39 is 29.4 Å². The van der Waals surface area contributed by atoms with Gasteiger partial charge in [-0.3, -0.25) is 14.8 Å². The monoisotopic (exact) mass is 674 g/mol. The number of nitrogens with two attached hydrogens (primary N) is 1. The molecule has 0 spiro atoms. The van der Waals surface area contributed by atoms with E-state index in [0.717, 1.165) is 11.8 Å². The number of nitrogens with zero attached hydrogens (tertiary/aromatic N) is 4. The van der Waals surface area contributed by atoms with E-state index in [0.29, 0.717) is 65.1 Å². The normalized spacial score (nSPS) is 17.0. The molecule has 0 radical (unpaired) electrons. The quantitative estimate of drug-likeness (QED) is 0.159. The van der Waals surface area contributed by atoms with Gasteiger partial charge in [0.25, 0.3) is 5.22 Å². The molecule has 248 valence electrons. The minimum atomic E-state index is -1.07. The summed E-state index contributed by atoms with van der Waals surface area (Å²) < 4.78 is 54.7. The molecule has 1 saturated heterocycles. The van der Waals surface area contributed by atoms with E-state index >= 15 is 4.39 Å². The molecule has 1 fully saturated rings. The number of ketones is 1. The van der Waals surface area contributed by atoms with Crippen molar-refractivity contribution in [2.45, 2.75) is 48.7 Å². The second kappa shape index (κ2) is 15.6. The number of halogens is 3. The van der Waals surface area contributed by atoms with Gasteiger partial charge in [-0.25, -0.2) is 13.2 Å². The Morgan fingerprint density at radius 1 is 0.896 bits per heavy atom. The molecule has 1 aliphatic rings. The standard InChI is InChI=1S/C35H33F3N6O3S/c36-25-5-1-21(2-6-25)32(22-3-7-26(37)8-4-22)33(39)31(45)15-24-16-41-19-30(38)29(24)10-9-27-17-42-18-28(46-27)20-48-35-44-43-34(47-35)23-11-13-40-14-12-23/h1-8,11-14,16,19,27-28,32-33,42H,9-10,15,17-18,20,39H2/t27-,28+,33-/m1/s1. The fraction of sp³-hybridized carbons (Fsp3) is 0.286. The number of nitrogens with one attached hydrogen (secondary N) is 1.